The first kappa shape index (κ1) is 11.8. The maximum Gasteiger partial charge on any atom is 0.151 e. The first-order valence-electron chi connectivity index (χ1n) is 5.60. The van der Waals surface area contributed by atoms with E-state index in [1.165, 1.54) is 0 Å². The van der Waals surface area contributed by atoms with Gasteiger partial charge in [0, 0.05) is 24.6 Å². The molecule has 0 amide bonds. The van der Waals surface area contributed by atoms with Crippen LogP contribution in [0.25, 0.3) is 0 Å². The molecule has 0 radical (unpaired) electrons. The number of nitrogens with zero attached hydrogens (tertiary/aromatic N) is 3. The predicted octanol–water partition coefficient (Wildman–Crippen LogP) is 1.86. The third-order valence-corrected chi connectivity index (χ3v) is 3.08. The van der Waals surface area contributed by atoms with Crippen molar-refractivity contribution in [2.75, 3.05) is 29.9 Å². The summed E-state index contributed by atoms with van der Waals surface area (Å²) in [5.41, 5.74) is 0. The maximum absolute atomic E-state index is 5.71. The van der Waals surface area contributed by atoms with Gasteiger partial charge in [-0.05, 0) is 25.0 Å². The minimum atomic E-state index is 0.408. The fraction of sp³-hybridized carbons (Fsp3) is 0.636. The van der Waals surface area contributed by atoms with Crippen molar-refractivity contribution in [1.82, 2.24) is 10.2 Å². The topological polar surface area (TPSA) is 38.2 Å². The second-order valence-corrected chi connectivity index (χ2v) is 4.62. The first-order valence-corrected chi connectivity index (χ1v) is 6.72. The molecule has 1 aromatic heterocycles. The van der Waals surface area contributed by atoms with Gasteiger partial charge in [0.25, 0.3) is 0 Å². The summed E-state index contributed by atoms with van der Waals surface area (Å²) < 4.78 is 5.71. The molecule has 0 unspecified atom stereocenters. The van der Waals surface area contributed by atoms with Crippen LogP contribution >= 0.6 is 15.9 Å². The quantitative estimate of drug-likeness (QED) is 0.792. The lowest BCUT2D eigenvalue weighted by Gasteiger charge is -2.32. The number of rotatable bonds is 4. The molecule has 1 aliphatic heterocycles. The summed E-state index contributed by atoms with van der Waals surface area (Å²) in [5.74, 6) is 0.974. The lowest BCUT2D eigenvalue weighted by atomic mass is 10.1. The number of halogens is 1. The Kier molecular flexibility index (Phi) is 4.54. The van der Waals surface area contributed by atoms with Crippen LogP contribution < -0.4 is 4.90 Å². The standard InChI is InChI=1S/C11H16BrN3O/c12-5-9-16-10-3-7-15(8-4-10)11-2-1-6-13-14-11/h1-2,6,10H,3-5,7-9H2. The average Bonchev–Trinajstić information content (AvgIpc) is 2.38. The molecule has 16 heavy (non-hydrogen) atoms. The van der Waals surface area contributed by atoms with Gasteiger partial charge in [0.15, 0.2) is 5.82 Å². The molecule has 0 aromatic carbocycles. The van der Waals surface area contributed by atoms with Crippen molar-refractivity contribution in [2.45, 2.75) is 18.9 Å². The van der Waals surface area contributed by atoms with Crippen molar-refractivity contribution in [1.29, 1.82) is 0 Å². The molecule has 2 rings (SSSR count). The van der Waals surface area contributed by atoms with Crippen molar-refractivity contribution in [2.24, 2.45) is 0 Å². The summed E-state index contributed by atoms with van der Waals surface area (Å²) in [6.45, 7) is 2.81. The number of aromatic nitrogens is 2. The molecular formula is C11H16BrN3O. The molecule has 0 saturated carbocycles. The van der Waals surface area contributed by atoms with Crippen LogP contribution in [0, 0.1) is 0 Å². The number of hydrogen-bond donors (Lipinski definition) is 0. The van der Waals surface area contributed by atoms with Crippen molar-refractivity contribution in [3.8, 4) is 0 Å². The van der Waals surface area contributed by atoms with Crippen molar-refractivity contribution >= 4 is 21.7 Å². The van der Waals surface area contributed by atoms with Gasteiger partial charge in [-0.1, -0.05) is 15.9 Å². The van der Waals surface area contributed by atoms with Gasteiger partial charge in [0.1, 0.15) is 0 Å². The molecule has 1 fully saturated rings. The van der Waals surface area contributed by atoms with E-state index in [2.05, 4.69) is 31.0 Å². The van der Waals surface area contributed by atoms with E-state index < -0.39 is 0 Å². The van der Waals surface area contributed by atoms with E-state index in [9.17, 15) is 0 Å². The minimum Gasteiger partial charge on any atom is -0.377 e. The average molecular weight is 286 g/mol. The number of hydrogen-bond acceptors (Lipinski definition) is 4. The van der Waals surface area contributed by atoms with Gasteiger partial charge in [-0.15, -0.1) is 5.10 Å². The van der Waals surface area contributed by atoms with Gasteiger partial charge < -0.3 is 9.64 Å². The number of anilines is 1. The van der Waals surface area contributed by atoms with E-state index in [4.69, 9.17) is 4.74 Å². The highest BCUT2D eigenvalue weighted by Crippen LogP contribution is 2.18. The normalized spacial score (nSPS) is 17.7. The Bertz CT molecular complexity index is 301. The Morgan fingerprint density at radius 1 is 1.44 bits per heavy atom. The predicted molar refractivity (Wildman–Crippen MR) is 67.0 cm³/mol. The second-order valence-electron chi connectivity index (χ2n) is 3.83. The second kappa shape index (κ2) is 6.15. The molecule has 1 aromatic rings. The molecule has 88 valence electrons. The van der Waals surface area contributed by atoms with E-state index in [-0.39, 0.29) is 0 Å². The van der Waals surface area contributed by atoms with Crippen molar-refractivity contribution in [3.63, 3.8) is 0 Å². The van der Waals surface area contributed by atoms with Crippen LogP contribution in [-0.4, -0.2) is 41.3 Å². The largest absolute Gasteiger partial charge is 0.377 e. The Morgan fingerprint density at radius 3 is 2.88 bits per heavy atom. The van der Waals surface area contributed by atoms with Crippen molar-refractivity contribution < 1.29 is 4.74 Å². The van der Waals surface area contributed by atoms with Crippen LogP contribution in [0.5, 0.6) is 0 Å². The van der Waals surface area contributed by atoms with Gasteiger partial charge in [-0.3, -0.25) is 0 Å². The van der Waals surface area contributed by atoms with Crippen LogP contribution in [0.15, 0.2) is 18.3 Å². The Hall–Kier alpha value is -0.680. The third-order valence-electron chi connectivity index (χ3n) is 2.75. The molecule has 0 N–H and O–H groups in total. The van der Waals surface area contributed by atoms with Crippen LogP contribution in [0.3, 0.4) is 0 Å². The molecule has 5 heteroatoms. The van der Waals surface area contributed by atoms with E-state index >= 15 is 0 Å². The summed E-state index contributed by atoms with van der Waals surface area (Å²) in [5, 5.41) is 8.93. The van der Waals surface area contributed by atoms with Crippen molar-refractivity contribution in [3.05, 3.63) is 18.3 Å². The van der Waals surface area contributed by atoms with E-state index in [1.54, 1.807) is 6.20 Å². The van der Waals surface area contributed by atoms with Gasteiger partial charge in [-0.25, -0.2) is 0 Å². The molecule has 2 heterocycles. The Morgan fingerprint density at radius 2 is 2.25 bits per heavy atom. The Balaban J connectivity index is 1.81. The van der Waals surface area contributed by atoms with E-state index in [0.717, 1.165) is 43.7 Å². The summed E-state index contributed by atoms with van der Waals surface area (Å²) >= 11 is 3.37. The fourth-order valence-electron chi connectivity index (χ4n) is 1.92. The lowest BCUT2D eigenvalue weighted by Crippen LogP contribution is -2.37. The molecule has 0 bridgehead atoms. The minimum absolute atomic E-state index is 0.408. The van der Waals surface area contributed by atoms with Gasteiger partial charge in [0.2, 0.25) is 0 Å². The highest BCUT2D eigenvalue weighted by atomic mass is 79.9. The molecule has 1 aliphatic rings. The summed E-state index contributed by atoms with van der Waals surface area (Å²) in [6.07, 6.45) is 4.26. The Labute approximate surface area is 104 Å². The lowest BCUT2D eigenvalue weighted by molar-refractivity contribution is 0.0480. The fourth-order valence-corrected chi connectivity index (χ4v) is 2.11. The van der Waals surface area contributed by atoms with Crippen LogP contribution in [-0.2, 0) is 4.74 Å². The van der Waals surface area contributed by atoms with Crippen LogP contribution in [0.4, 0.5) is 5.82 Å². The summed E-state index contributed by atoms with van der Waals surface area (Å²) in [4.78, 5) is 2.26. The highest BCUT2D eigenvalue weighted by Gasteiger charge is 2.20. The molecule has 0 spiro atoms. The number of ether oxygens (including phenoxy) is 1. The molecule has 4 nitrogen and oxygen atoms in total. The molecule has 1 saturated heterocycles. The maximum atomic E-state index is 5.71. The van der Waals surface area contributed by atoms with Crippen LogP contribution in [0.1, 0.15) is 12.8 Å². The molecule has 0 aliphatic carbocycles. The SMILES string of the molecule is BrCCOC1CCN(c2cccnn2)CC1. The highest BCUT2D eigenvalue weighted by molar-refractivity contribution is 9.09. The smallest absolute Gasteiger partial charge is 0.151 e. The van der Waals surface area contributed by atoms with E-state index in [0.29, 0.717) is 6.10 Å². The van der Waals surface area contributed by atoms with Gasteiger partial charge in [0.05, 0.1) is 12.7 Å². The summed E-state index contributed by atoms with van der Waals surface area (Å²) in [6, 6.07) is 3.93. The first-order chi connectivity index (χ1) is 7.90. The number of alkyl halides is 1. The number of piperidine rings is 1. The zero-order valence-corrected chi connectivity index (χ0v) is 10.8. The monoisotopic (exact) mass is 285 g/mol. The third kappa shape index (κ3) is 3.15. The van der Waals surface area contributed by atoms with Gasteiger partial charge >= 0.3 is 0 Å². The molecule has 0 atom stereocenters. The van der Waals surface area contributed by atoms with Gasteiger partial charge in [-0.2, -0.15) is 5.10 Å². The van der Waals surface area contributed by atoms with Crippen LogP contribution in [0.2, 0.25) is 0 Å². The zero-order valence-electron chi connectivity index (χ0n) is 9.18. The zero-order chi connectivity index (χ0) is 11.2. The van der Waals surface area contributed by atoms with E-state index in [1.807, 2.05) is 12.1 Å². The molecular weight excluding hydrogens is 270 g/mol. The summed E-state index contributed by atoms with van der Waals surface area (Å²) in [7, 11) is 0.